The van der Waals surface area contributed by atoms with Crippen molar-refractivity contribution in [3.8, 4) is 0 Å². The molecule has 0 unspecified atom stereocenters. The van der Waals surface area contributed by atoms with Crippen molar-refractivity contribution in [3.05, 3.63) is 11.9 Å². The fourth-order valence-electron chi connectivity index (χ4n) is 3.35. The number of aromatic nitrogens is 3. The minimum atomic E-state index is -0.0826. The van der Waals surface area contributed by atoms with Gasteiger partial charge in [-0.1, -0.05) is 24.5 Å². The third kappa shape index (κ3) is 4.43. The summed E-state index contributed by atoms with van der Waals surface area (Å²) in [5.74, 6) is 0.558. The first-order valence-corrected chi connectivity index (χ1v) is 8.23. The van der Waals surface area contributed by atoms with Crippen LogP contribution in [0.1, 0.15) is 61.5 Å². The first kappa shape index (κ1) is 17.2. The van der Waals surface area contributed by atoms with E-state index in [9.17, 15) is 4.79 Å². The van der Waals surface area contributed by atoms with Gasteiger partial charge in [-0.05, 0) is 44.7 Å². The van der Waals surface area contributed by atoms with Crippen LogP contribution in [0.15, 0.2) is 6.20 Å². The molecule has 1 amide bonds. The largest absolute Gasteiger partial charge is 0.350 e. The first-order valence-electron chi connectivity index (χ1n) is 8.23. The number of amides is 1. The van der Waals surface area contributed by atoms with Crippen LogP contribution in [0.4, 0.5) is 0 Å². The van der Waals surface area contributed by atoms with Crippen LogP contribution < -0.4 is 10.6 Å². The van der Waals surface area contributed by atoms with E-state index in [1.807, 2.05) is 4.68 Å². The molecule has 2 N–H and O–H groups in total. The highest BCUT2D eigenvalue weighted by molar-refractivity contribution is 5.91. The first-order chi connectivity index (χ1) is 10.3. The quantitative estimate of drug-likeness (QED) is 0.886. The molecule has 0 aromatic carbocycles. The highest BCUT2D eigenvalue weighted by atomic mass is 35.5. The van der Waals surface area contributed by atoms with E-state index < -0.39 is 0 Å². The number of nitrogens with one attached hydrogen (secondary N) is 2. The van der Waals surface area contributed by atoms with Gasteiger partial charge < -0.3 is 10.6 Å². The predicted octanol–water partition coefficient (Wildman–Crippen LogP) is 1.93. The lowest BCUT2D eigenvalue weighted by Gasteiger charge is -2.22. The van der Waals surface area contributed by atoms with Gasteiger partial charge in [0, 0.05) is 6.54 Å². The summed E-state index contributed by atoms with van der Waals surface area (Å²) < 4.78 is 1.86. The van der Waals surface area contributed by atoms with Crippen molar-refractivity contribution >= 4 is 18.3 Å². The number of halogens is 1. The molecule has 0 bridgehead atoms. The van der Waals surface area contributed by atoms with Gasteiger partial charge in [-0.25, -0.2) is 4.68 Å². The second-order valence-corrected chi connectivity index (χ2v) is 6.28. The van der Waals surface area contributed by atoms with Crippen molar-refractivity contribution in [2.45, 2.75) is 51.0 Å². The van der Waals surface area contributed by atoms with Gasteiger partial charge in [0.15, 0.2) is 5.69 Å². The summed E-state index contributed by atoms with van der Waals surface area (Å²) >= 11 is 0. The van der Waals surface area contributed by atoms with Gasteiger partial charge in [0.05, 0.1) is 12.2 Å². The molecular formula is C15H26ClN5O. The maximum atomic E-state index is 12.1. The Bertz CT molecular complexity index is 466. The Balaban J connectivity index is 0.00000176. The van der Waals surface area contributed by atoms with Gasteiger partial charge in [-0.3, -0.25) is 4.79 Å². The lowest BCUT2D eigenvalue weighted by atomic mass is 9.89. The smallest absolute Gasteiger partial charge is 0.273 e. The average Bonchev–Trinajstić information content (AvgIpc) is 3.04. The second-order valence-electron chi connectivity index (χ2n) is 6.28. The predicted molar refractivity (Wildman–Crippen MR) is 87.3 cm³/mol. The van der Waals surface area contributed by atoms with E-state index >= 15 is 0 Å². The molecule has 1 saturated carbocycles. The number of hydrogen-bond donors (Lipinski definition) is 2. The zero-order valence-electron chi connectivity index (χ0n) is 13.0. The molecule has 2 fully saturated rings. The van der Waals surface area contributed by atoms with Crippen LogP contribution in [-0.4, -0.2) is 40.5 Å². The van der Waals surface area contributed by atoms with Gasteiger partial charge >= 0.3 is 0 Å². The normalized spacial score (nSPS) is 20.4. The second kappa shape index (κ2) is 8.48. The molecule has 3 rings (SSSR count). The van der Waals surface area contributed by atoms with Gasteiger partial charge in [0.1, 0.15) is 0 Å². The Morgan fingerprint density at radius 1 is 1.23 bits per heavy atom. The van der Waals surface area contributed by atoms with Crippen molar-refractivity contribution in [2.24, 2.45) is 5.92 Å². The Labute approximate surface area is 137 Å². The fraction of sp³-hybridized carbons (Fsp3) is 0.800. The van der Waals surface area contributed by atoms with E-state index in [1.54, 1.807) is 6.20 Å². The Morgan fingerprint density at radius 2 is 1.95 bits per heavy atom. The Kier molecular flexibility index (Phi) is 6.64. The molecule has 1 saturated heterocycles. The molecule has 1 aliphatic carbocycles. The average molecular weight is 328 g/mol. The minimum absolute atomic E-state index is 0. The molecule has 7 heteroatoms. The Hall–Kier alpha value is -1.14. The summed E-state index contributed by atoms with van der Waals surface area (Å²) in [6, 6.07) is 0.374. The fourth-order valence-corrected chi connectivity index (χ4v) is 3.35. The van der Waals surface area contributed by atoms with Crippen molar-refractivity contribution in [1.29, 1.82) is 0 Å². The van der Waals surface area contributed by atoms with Crippen LogP contribution >= 0.6 is 12.4 Å². The van der Waals surface area contributed by atoms with Crippen LogP contribution in [0.5, 0.6) is 0 Å². The van der Waals surface area contributed by atoms with Crippen LogP contribution in [0.25, 0.3) is 0 Å². The van der Waals surface area contributed by atoms with Crippen LogP contribution in [0, 0.1) is 5.92 Å². The van der Waals surface area contributed by atoms with Gasteiger partial charge in [0.25, 0.3) is 5.91 Å². The molecule has 2 aliphatic rings. The lowest BCUT2D eigenvalue weighted by Crippen LogP contribution is -2.30. The summed E-state index contributed by atoms with van der Waals surface area (Å²) in [7, 11) is 0. The molecule has 1 aromatic heterocycles. The molecule has 0 radical (unpaired) electrons. The van der Waals surface area contributed by atoms with E-state index in [0.29, 0.717) is 17.7 Å². The summed E-state index contributed by atoms with van der Waals surface area (Å²) in [6.07, 6.45) is 10.3. The molecule has 0 spiro atoms. The summed E-state index contributed by atoms with van der Waals surface area (Å²) in [4.78, 5) is 12.1. The number of nitrogens with zero attached hydrogens (tertiary/aromatic N) is 3. The molecule has 124 valence electrons. The zero-order chi connectivity index (χ0) is 14.5. The van der Waals surface area contributed by atoms with Crippen molar-refractivity contribution < 1.29 is 4.79 Å². The van der Waals surface area contributed by atoms with Crippen LogP contribution in [0.2, 0.25) is 0 Å². The van der Waals surface area contributed by atoms with Crippen LogP contribution in [0.3, 0.4) is 0 Å². The number of piperidine rings is 1. The number of hydrogen-bond acceptors (Lipinski definition) is 4. The van der Waals surface area contributed by atoms with E-state index in [1.165, 1.54) is 32.1 Å². The zero-order valence-corrected chi connectivity index (χ0v) is 13.8. The van der Waals surface area contributed by atoms with E-state index in [2.05, 4.69) is 20.9 Å². The standard InChI is InChI=1S/C15H25N5O.ClH/c21-15(17-10-12-4-2-1-3-5-12)14-11-20(19-18-14)13-6-8-16-9-7-13;/h11-13,16H,1-10H2,(H,17,21);1H. The maximum Gasteiger partial charge on any atom is 0.273 e. The monoisotopic (exact) mass is 327 g/mol. The van der Waals surface area contributed by atoms with Crippen LogP contribution in [-0.2, 0) is 0 Å². The lowest BCUT2D eigenvalue weighted by molar-refractivity contribution is 0.0938. The molecular weight excluding hydrogens is 302 g/mol. The topological polar surface area (TPSA) is 71.8 Å². The third-order valence-corrected chi connectivity index (χ3v) is 4.70. The van der Waals surface area contributed by atoms with E-state index in [0.717, 1.165) is 32.5 Å². The highest BCUT2D eigenvalue weighted by Gasteiger charge is 2.20. The van der Waals surface area contributed by atoms with Gasteiger partial charge in [0.2, 0.25) is 0 Å². The number of rotatable bonds is 4. The maximum absolute atomic E-state index is 12.1. The molecule has 0 atom stereocenters. The molecule has 6 nitrogen and oxygen atoms in total. The number of carbonyl (C=O) groups is 1. The summed E-state index contributed by atoms with van der Waals surface area (Å²) in [5, 5.41) is 14.5. The summed E-state index contributed by atoms with van der Waals surface area (Å²) in [5.41, 5.74) is 0.448. The van der Waals surface area contributed by atoms with E-state index in [4.69, 9.17) is 0 Å². The minimum Gasteiger partial charge on any atom is -0.350 e. The van der Waals surface area contributed by atoms with Gasteiger partial charge in [-0.2, -0.15) is 0 Å². The molecule has 2 heterocycles. The molecule has 1 aromatic rings. The highest BCUT2D eigenvalue weighted by Crippen LogP contribution is 2.22. The SMILES string of the molecule is Cl.O=C(NCC1CCCCC1)c1cn(C2CCNCC2)nn1. The summed E-state index contributed by atoms with van der Waals surface area (Å²) in [6.45, 7) is 2.79. The van der Waals surface area contributed by atoms with E-state index in [-0.39, 0.29) is 18.3 Å². The van der Waals surface area contributed by atoms with Crippen molar-refractivity contribution in [1.82, 2.24) is 25.6 Å². The third-order valence-electron chi connectivity index (χ3n) is 4.70. The molecule has 22 heavy (non-hydrogen) atoms. The van der Waals surface area contributed by atoms with Crippen molar-refractivity contribution in [2.75, 3.05) is 19.6 Å². The number of carbonyl (C=O) groups excluding carboxylic acids is 1. The van der Waals surface area contributed by atoms with Crippen molar-refractivity contribution in [3.63, 3.8) is 0 Å². The van der Waals surface area contributed by atoms with Gasteiger partial charge in [-0.15, -0.1) is 17.5 Å². The molecule has 1 aliphatic heterocycles. The Morgan fingerprint density at radius 3 is 2.68 bits per heavy atom.